The van der Waals surface area contributed by atoms with Gasteiger partial charge >= 0.3 is 12.6 Å². The second-order valence-corrected chi connectivity index (χ2v) is 3.62. The van der Waals surface area contributed by atoms with E-state index < -0.39 is 24.5 Å². The summed E-state index contributed by atoms with van der Waals surface area (Å²) in [6.07, 6.45) is 0. The van der Waals surface area contributed by atoms with Crippen molar-refractivity contribution in [2.75, 3.05) is 7.11 Å². The summed E-state index contributed by atoms with van der Waals surface area (Å²) < 4.78 is 32.5. The number of carbonyl (C=O) groups is 2. The number of methoxy groups -OCH3 is 1. The van der Waals surface area contributed by atoms with E-state index in [4.69, 9.17) is 0 Å². The van der Waals surface area contributed by atoms with E-state index in [9.17, 15) is 18.4 Å². The van der Waals surface area contributed by atoms with Gasteiger partial charge in [-0.3, -0.25) is 4.79 Å². The molecule has 5 nitrogen and oxygen atoms in total. The van der Waals surface area contributed by atoms with Crippen molar-refractivity contribution in [2.45, 2.75) is 19.6 Å². The molecule has 1 unspecified atom stereocenters. The number of hydrogen-bond donors (Lipinski definition) is 1. The first-order valence-electron chi connectivity index (χ1n) is 5.37. The number of carbonyl (C=O) groups excluding carboxylic acids is 2. The molecule has 0 saturated heterocycles. The quantitative estimate of drug-likeness (QED) is 0.827. The van der Waals surface area contributed by atoms with Crippen LogP contribution in [0, 0.1) is 0 Å². The Morgan fingerprint density at radius 1 is 1.21 bits per heavy atom. The first-order valence-corrected chi connectivity index (χ1v) is 5.37. The third-order valence-corrected chi connectivity index (χ3v) is 2.24. The van der Waals surface area contributed by atoms with Crippen molar-refractivity contribution in [3.8, 4) is 5.75 Å². The van der Waals surface area contributed by atoms with E-state index in [0.29, 0.717) is 0 Å². The minimum atomic E-state index is -2.92. The molecule has 19 heavy (non-hydrogen) atoms. The van der Waals surface area contributed by atoms with Gasteiger partial charge < -0.3 is 14.8 Å². The zero-order valence-electron chi connectivity index (χ0n) is 10.4. The van der Waals surface area contributed by atoms with E-state index in [2.05, 4.69) is 14.8 Å². The van der Waals surface area contributed by atoms with Crippen molar-refractivity contribution in [1.82, 2.24) is 5.32 Å². The molecule has 0 aliphatic rings. The Kier molecular flexibility index (Phi) is 5.23. The van der Waals surface area contributed by atoms with Crippen LogP contribution < -0.4 is 10.1 Å². The second-order valence-electron chi connectivity index (χ2n) is 3.62. The Labute approximate surface area is 108 Å². The molecule has 0 aliphatic heterocycles. The zero-order valence-corrected chi connectivity index (χ0v) is 10.4. The first-order chi connectivity index (χ1) is 8.93. The smallest absolute Gasteiger partial charge is 0.387 e. The number of esters is 1. The Hall–Kier alpha value is -2.18. The molecule has 104 valence electrons. The summed E-state index contributed by atoms with van der Waals surface area (Å²) in [5.74, 6) is -1.14. The van der Waals surface area contributed by atoms with E-state index in [1.807, 2.05) is 0 Å². The molecule has 1 N–H and O–H groups in total. The summed E-state index contributed by atoms with van der Waals surface area (Å²) in [6.45, 7) is -1.45. The molecule has 1 aromatic carbocycles. The summed E-state index contributed by atoms with van der Waals surface area (Å²) >= 11 is 0. The van der Waals surface area contributed by atoms with Crippen LogP contribution in [0.3, 0.4) is 0 Å². The van der Waals surface area contributed by atoms with E-state index in [1.165, 1.54) is 38.3 Å². The minimum absolute atomic E-state index is 0.0485. The molecule has 0 bridgehead atoms. The first kappa shape index (κ1) is 14.9. The van der Waals surface area contributed by atoms with Crippen molar-refractivity contribution in [1.29, 1.82) is 0 Å². The Balaban J connectivity index is 2.65. The predicted octanol–water partition coefficient (Wildman–Crippen LogP) is 1.58. The van der Waals surface area contributed by atoms with Crippen molar-refractivity contribution >= 4 is 11.9 Å². The topological polar surface area (TPSA) is 64.6 Å². The second kappa shape index (κ2) is 6.67. The van der Waals surface area contributed by atoms with Crippen LogP contribution >= 0.6 is 0 Å². The molecule has 0 heterocycles. The highest BCUT2D eigenvalue weighted by Crippen LogP contribution is 2.14. The van der Waals surface area contributed by atoms with Crippen LogP contribution in [-0.2, 0) is 9.53 Å². The molecule has 0 aliphatic carbocycles. The number of rotatable bonds is 5. The Morgan fingerprint density at radius 2 is 1.79 bits per heavy atom. The lowest BCUT2D eigenvalue weighted by molar-refractivity contribution is -0.142. The van der Waals surface area contributed by atoms with Crippen LogP contribution in [-0.4, -0.2) is 31.6 Å². The molecule has 1 aromatic rings. The average molecular weight is 273 g/mol. The fraction of sp³-hybridized carbons (Fsp3) is 0.333. The van der Waals surface area contributed by atoms with Crippen molar-refractivity contribution in [2.24, 2.45) is 0 Å². The fourth-order valence-electron chi connectivity index (χ4n) is 1.30. The Morgan fingerprint density at radius 3 is 2.26 bits per heavy atom. The van der Waals surface area contributed by atoms with Gasteiger partial charge in [-0.05, 0) is 31.2 Å². The van der Waals surface area contributed by atoms with Gasteiger partial charge in [-0.1, -0.05) is 0 Å². The maximum absolute atomic E-state index is 11.9. The number of halogens is 2. The summed E-state index contributed by atoms with van der Waals surface area (Å²) in [5, 5.41) is 2.40. The lowest BCUT2D eigenvalue weighted by Crippen LogP contribution is -2.39. The van der Waals surface area contributed by atoms with Crippen LogP contribution in [0.1, 0.15) is 17.3 Å². The van der Waals surface area contributed by atoms with E-state index in [0.717, 1.165) is 0 Å². The minimum Gasteiger partial charge on any atom is -0.467 e. The van der Waals surface area contributed by atoms with Crippen LogP contribution in [0.15, 0.2) is 24.3 Å². The number of nitrogens with one attached hydrogen (secondary N) is 1. The third-order valence-electron chi connectivity index (χ3n) is 2.24. The molecular weight excluding hydrogens is 260 g/mol. The molecule has 0 radical (unpaired) electrons. The highest BCUT2D eigenvalue weighted by atomic mass is 19.3. The van der Waals surface area contributed by atoms with Crippen LogP contribution in [0.2, 0.25) is 0 Å². The van der Waals surface area contributed by atoms with Gasteiger partial charge in [0.1, 0.15) is 11.8 Å². The number of amides is 1. The van der Waals surface area contributed by atoms with Crippen molar-refractivity contribution in [3.63, 3.8) is 0 Å². The van der Waals surface area contributed by atoms with E-state index >= 15 is 0 Å². The summed E-state index contributed by atoms with van der Waals surface area (Å²) in [7, 11) is 1.21. The van der Waals surface area contributed by atoms with Gasteiger partial charge in [-0.25, -0.2) is 4.79 Å². The largest absolute Gasteiger partial charge is 0.467 e. The van der Waals surface area contributed by atoms with Gasteiger partial charge in [-0.15, -0.1) is 0 Å². The standard InChI is InChI=1S/C12H13F2NO4/c1-7(11(17)18-2)15-10(16)8-3-5-9(6-4-8)19-12(13)14/h3-7,12H,1-2H3,(H,15,16). The van der Waals surface area contributed by atoms with Gasteiger partial charge in [0.2, 0.25) is 0 Å². The number of alkyl halides is 2. The van der Waals surface area contributed by atoms with Crippen LogP contribution in [0.5, 0.6) is 5.75 Å². The maximum atomic E-state index is 11.9. The Bertz CT molecular complexity index is 448. The predicted molar refractivity (Wildman–Crippen MR) is 62.0 cm³/mol. The molecular formula is C12H13F2NO4. The molecule has 0 spiro atoms. The van der Waals surface area contributed by atoms with Gasteiger partial charge in [-0.2, -0.15) is 8.78 Å². The lowest BCUT2D eigenvalue weighted by atomic mass is 10.2. The van der Waals surface area contributed by atoms with E-state index in [1.54, 1.807) is 0 Å². The van der Waals surface area contributed by atoms with Crippen molar-refractivity contribution in [3.05, 3.63) is 29.8 Å². The van der Waals surface area contributed by atoms with Crippen LogP contribution in [0.25, 0.3) is 0 Å². The van der Waals surface area contributed by atoms with Gasteiger partial charge in [0.15, 0.2) is 0 Å². The zero-order chi connectivity index (χ0) is 14.4. The molecule has 0 aromatic heterocycles. The highest BCUT2D eigenvalue weighted by Gasteiger charge is 2.16. The monoisotopic (exact) mass is 273 g/mol. The summed E-state index contributed by atoms with van der Waals surface area (Å²) in [6, 6.07) is 4.32. The van der Waals surface area contributed by atoms with E-state index in [-0.39, 0.29) is 11.3 Å². The summed E-state index contributed by atoms with van der Waals surface area (Å²) in [4.78, 5) is 22.8. The fourth-order valence-corrected chi connectivity index (χ4v) is 1.30. The SMILES string of the molecule is COC(=O)C(C)NC(=O)c1ccc(OC(F)F)cc1. The highest BCUT2D eigenvalue weighted by molar-refractivity contribution is 5.96. The molecule has 0 fully saturated rings. The molecule has 1 atom stereocenters. The number of benzene rings is 1. The maximum Gasteiger partial charge on any atom is 0.387 e. The summed E-state index contributed by atoms with van der Waals surface area (Å²) in [5.41, 5.74) is 0.220. The number of hydrogen-bond acceptors (Lipinski definition) is 4. The van der Waals surface area contributed by atoms with Gasteiger partial charge in [0, 0.05) is 5.56 Å². The lowest BCUT2D eigenvalue weighted by Gasteiger charge is -2.11. The molecule has 1 rings (SSSR count). The molecule has 0 saturated carbocycles. The normalized spacial score (nSPS) is 11.8. The van der Waals surface area contributed by atoms with Gasteiger partial charge in [0.25, 0.3) is 5.91 Å². The third kappa shape index (κ3) is 4.53. The van der Waals surface area contributed by atoms with Gasteiger partial charge in [0.05, 0.1) is 7.11 Å². The van der Waals surface area contributed by atoms with Crippen molar-refractivity contribution < 1.29 is 27.8 Å². The van der Waals surface area contributed by atoms with Crippen LogP contribution in [0.4, 0.5) is 8.78 Å². The molecule has 7 heteroatoms. The molecule has 1 amide bonds. The average Bonchev–Trinajstić information content (AvgIpc) is 2.37. The number of ether oxygens (including phenoxy) is 2.